The molecule has 1 amide bonds. The number of hydrogen-bond donors (Lipinski definition) is 2. The molecule has 1 aliphatic heterocycles. The first-order valence-corrected chi connectivity index (χ1v) is 12.9. The van der Waals surface area contributed by atoms with Crippen LogP contribution in [0.4, 0.5) is 24.5 Å². The standard InChI is InChI=1S/C30H31F3N2O4/c1-4-5-14-39-23-11-8-21(9-12-23)34-22-10-13-24(26(16-22)30(31,32)33)19-6-7-20-17-35(28(36)25(20)15-19)27(18(2)3)29(37)38/h6-13,15-16,18,27,34H,4-5,14,17H2,1-3H3,(H,37,38)/t27-/m0/s1. The summed E-state index contributed by atoms with van der Waals surface area (Å²) < 4.78 is 48.1. The lowest BCUT2D eigenvalue weighted by atomic mass is 9.95. The van der Waals surface area contributed by atoms with Gasteiger partial charge in [0.1, 0.15) is 11.8 Å². The molecule has 1 heterocycles. The minimum Gasteiger partial charge on any atom is -0.494 e. The van der Waals surface area contributed by atoms with E-state index in [0.717, 1.165) is 18.9 Å². The van der Waals surface area contributed by atoms with Gasteiger partial charge in [-0.3, -0.25) is 4.79 Å². The molecule has 0 bridgehead atoms. The summed E-state index contributed by atoms with van der Waals surface area (Å²) in [4.78, 5) is 26.1. The molecule has 0 aliphatic carbocycles. The van der Waals surface area contributed by atoms with Crippen molar-refractivity contribution < 1.29 is 32.6 Å². The average Bonchev–Trinajstić information content (AvgIpc) is 3.19. The van der Waals surface area contributed by atoms with Crippen LogP contribution in [0.2, 0.25) is 0 Å². The molecule has 3 aromatic carbocycles. The van der Waals surface area contributed by atoms with E-state index in [4.69, 9.17) is 4.74 Å². The molecular formula is C30H31F3N2O4. The third kappa shape index (κ3) is 6.19. The molecule has 4 rings (SSSR count). The third-order valence-electron chi connectivity index (χ3n) is 6.71. The number of unbranched alkanes of at least 4 members (excludes halogenated alkanes) is 1. The summed E-state index contributed by atoms with van der Waals surface area (Å²) in [6, 6.07) is 14.5. The molecule has 6 nitrogen and oxygen atoms in total. The molecule has 0 aromatic heterocycles. The first-order chi connectivity index (χ1) is 18.5. The van der Waals surface area contributed by atoms with E-state index in [1.165, 1.54) is 23.1 Å². The monoisotopic (exact) mass is 540 g/mol. The van der Waals surface area contributed by atoms with Gasteiger partial charge >= 0.3 is 12.1 Å². The van der Waals surface area contributed by atoms with Crippen molar-refractivity contribution in [2.24, 2.45) is 5.92 Å². The highest BCUT2D eigenvalue weighted by Gasteiger charge is 2.39. The number of carboxylic acid groups (broad SMARTS) is 1. The Labute approximate surface area is 225 Å². The van der Waals surface area contributed by atoms with Crippen LogP contribution in [-0.4, -0.2) is 34.5 Å². The summed E-state index contributed by atoms with van der Waals surface area (Å²) in [7, 11) is 0. The molecule has 0 fully saturated rings. The lowest BCUT2D eigenvalue weighted by Crippen LogP contribution is -2.44. The minimum atomic E-state index is -4.65. The van der Waals surface area contributed by atoms with E-state index in [9.17, 15) is 27.9 Å². The highest BCUT2D eigenvalue weighted by molar-refractivity contribution is 6.01. The van der Waals surface area contributed by atoms with Crippen molar-refractivity contribution in [3.8, 4) is 16.9 Å². The second-order valence-corrected chi connectivity index (χ2v) is 9.94. The number of nitrogens with zero attached hydrogens (tertiary/aromatic N) is 1. The molecule has 0 saturated carbocycles. The molecule has 2 N–H and O–H groups in total. The zero-order chi connectivity index (χ0) is 28.3. The van der Waals surface area contributed by atoms with Gasteiger partial charge in [0.15, 0.2) is 0 Å². The Morgan fingerprint density at radius 1 is 1.03 bits per heavy atom. The number of carboxylic acids is 1. The van der Waals surface area contributed by atoms with Crippen molar-refractivity contribution in [2.45, 2.75) is 52.4 Å². The number of halogens is 3. The quantitative estimate of drug-likeness (QED) is 0.263. The van der Waals surface area contributed by atoms with E-state index in [1.54, 1.807) is 50.2 Å². The Bertz CT molecular complexity index is 1350. The van der Waals surface area contributed by atoms with Gasteiger partial charge in [-0.2, -0.15) is 13.2 Å². The maximum absolute atomic E-state index is 14.2. The van der Waals surface area contributed by atoms with Crippen LogP contribution in [0.5, 0.6) is 5.75 Å². The Hall–Kier alpha value is -4.01. The van der Waals surface area contributed by atoms with Gasteiger partial charge in [0, 0.05) is 23.5 Å². The second-order valence-electron chi connectivity index (χ2n) is 9.94. The number of alkyl halides is 3. The summed E-state index contributed by atoms with van der Waals surface area (Å²) in [6.07, 6.45) is -2.70. The number of hydrogen-bond acceptors (Lipinski definition) is 4. The molecule has 0 spiro atoms. The molecular weight excluding hydrogens is 509 g/mol. The van der Waals surface area contributed by atoms with Crippen molar-refractivity contribution >= 4 is 23.3 Å². The largest absolute Gasteiger partial charge is 0.494 e. The molecule has 0 radical (unpaired) electrons. The lowest BCUT2D eigenvalue weighted by Gasteiger charge is -2.27. The van der Waals surface area contributed by atoms with Crippen LogP contribution in [0, 0.1) is 5.92 Å². The normalized spacial score (nSPS) is 13.9. The zero-order valence-electron chi connectivity index (χ0n) is 22.0. The van der Waals surface area contributed by atoms with Crippen molar-refractivity contribution in [2.75, 3.05) is 11.9 Å². The van der Waals surface area contributed by atoms with E-state index in [1.807, 2.05) is 0 Å². The van der Waals surface area contributed by atoms with E-state index in [2.05, 4.69) is 12.2 Å². The average molecular weight is 541 g/mol. The van der Waals surface area contributed by atoms with E-state index < -0.39 is 29.7 Å². The van der Waals surface area contributed by atoms with Crippen LogP contribution in [0.15, 0.2) is 60.7 Å². The van der Waals surface area contributed by atoms with Crippen molar-refractivity contribution in [1.82, 2.24) is 4.90 Å². The highest BCUT2D eigenvalue weighted by atomic mass is 19.4. The molecule has 206 valence electrons. The van der Waals surface area contributed by atoms with Gasteiger partial charge < -0.3 is 20.1 Å². The molecule has 0 unspecified atom stereocenters. The number of ether oxygens (including phenoxy) is 1. The number of amides is 1. The number of rotatable bonds is 10. The van der Waals surface area contributed by atoms with Gasteiger partial charge in [-0.25, -0.2) is 4.79 Å². The smallest absolute Gasteiger partial charge is 0.417 e. The fraction of sp³-hybridized carbons (Fsp3) is 0.333. The number of benzene rings is 3. The molecule has 1 aliphatic rings. The Morgan fingerprint density at radius 2 is 1.72 bits per heavy atom. The third-order valence-corrected chi connectivity index (χ3v) is 6.71. The van der Waals surface area contributed by atoms with Crippen LogP contribution >= 0.6 is 0 Å². The summed E-state index contributed by atoms with van der Waals surface area (Å²) in [5.74, 6) is -1.26. The summed E-state index contributed by atoms with van der Waals surface area (Å²) in [5, 5.41) is 12.6. The second kappa shape index (κ2) is 11.4. The van der Waals surface area contributed by atoms with Crippen LogP contribution in [0.25, 0.3) is 11.1 Å². The predicted molar refractivity (Wildman–Crippen MR) is 143 cm³/mol. The molecule has 9 heteroatoms. The number of anilines is 2. The summed E-state index contributed by atoms with van der Waals surface area (Å²) >= 11 is 0. The van der Waals surface area contributed by atoms with Gasteiger partial charge in [0.25, 0.3) is 5.91 Å². The summed E-state index contributed by atoms with van der Waals surface area (Å²) in [6.45, 7) is 6.19. The van der Waals surface area contributed by atoms with Crippen molar-refractivity contribution in [1.29, 1.82) is 0 Å². The maximum Gasteiger partial charge on any atom is 0.417 e. The number of aliphatic carboxylic acids is 1. The van der Waals surface area contributed by atoms with Crippen LogP contribution in [0.3, 0.4) is 0 Å². The first-order valence-electron chi connectivity index (χ1n) is 12.9. The number of nitrogens with one attached hydrogen (secondary N) is 1. The van der Waals surface area contributed by atoms with Gasteiger partial charge in [-0.15, -0.1) is 0 Å². The van der Waals surface area contributed by atoms with Gasteiger partial charge in [0.2, 0.25) is 0 Å². The van der Waals surface area contributed by atoms with E-state index in [0.29, 0.717) is 23.6 Å². The molecule has 0 saturated heterocycles. The zero-order valence-corrected chi connectivity index (χ0v) is 22.0. The highest BCUT2D eigenvalue weighted by Crippen LogP contribution is 2.40. The Morgan fingerprint density at radius 3 is 2.33 bits per heavy atom. The molecule has 1 atom stereocenters. The Kier molecular flexibility index (Phi) is 8.18. The van der Waals surface area contributed by atoms with Gasteiger partial charge in [-0.05, 0) is 71.5 Å². The topological polar surface area (TPSA) is 78.9 Å². The van der Waals surface area contributed by atoms with E-state index in [-0.39, 0.29) is 34.8 Å². The van der Waals surface area contributed by atoms with E-state index >= 15 is 0 Å². The fourth-order valence-corrected chi connectivity index (χ4v) is 4.74. The maximum atomic E-state index is 14.2. The fourth-order valence-electron chi connectivity index (χ4n) is 4.74. The number of carbonyl (C=O) groups excluding carboxylic acids is 1. The lowest BCUT2D eigenvalue weighted by molar-refractivity contribution is -0.144. The number of carbonyl (C=O) groups is 2. The van der Waals surface area contributed by atoms with Gasteiger partial charge in [-0.1, -0.05) is 45.4 Å². The molecule has 39 heavy (non-hydrogen) atoms. The van der Waals surface area contributed by atoms with Crippen molar-refractivity contribution in [3.05, 3.63) is 77.4 Å². The molecule has 3 aromatic rings. The Balaban J connectivity index is 1.61. The van der Waals surface area contributed by atoms with Crippen LogP contribution in [-0.2, 0) is 17.5 Å². The van der Waals surface area contributed by atoms with Crippen LogP contribution in [0.1, 0.15) is 55.1 Å². The van der Waals surface area contributed by atoms with Crippen LogP contribution < -0.4 is 10.1 Å². The van der Waals surface area contributed by atoms with Crippen molar-refractivity contribution in [3.63, 3.8) is 0 Å². The first kappa shape index (κ1) is 28.0. The van der Waals surface area contributed by atoms with Gasteiger partial charge in [0.05, 0.1) is 12.2 Å². The SMILES string of the molecule is CCCCOc1ccc(Nc2ccc(-c3ccc4c(c3)C(=O)N([C@H](C(=O)O)C(C)C)C4)c(C(F)(F)F)c2)cc1. The summed E-state index contributed by atoms with van der Waals surface area (Å²) in [5.41, 5.74) is 0.990. The number of fused-ring (bicyclic) bond motifs is 1. The predicted octanol–water partition coefficient (Wildman–Crippen LogP) is 7.36. The minimum absolute atomic E-state index is 0.0691.